The Bertz CT molecular complexity index is 804. The molecule has 1 aliphatic rings. The molecule has 2 aromatic carbocycles. The Labute approximate surface area is 145 Å². The van der Waals surface area contributed by atoms with Gasteiger partial charge in [-0.1, -0.05) is 35.9 Å². The minimum Gasteiger partial charge on any atom is -0.300 e. The van der Waals surface area contributed by atoms with Gasteiger partial charge in [-0.05, 0) is 63.6 Å². The number of para-hydroxylation sites is 1. The number of carbonyl (C=O) groups is 1. The maximum absolute atomic E-state index is 12.0. The molecule has 1 heterocycles. The first kappa shape index (κ1) is 15.3. The highest BCUT2D eigenvalue weighted by molar-refractivity contribution is 9.10. The maximum atomic E-state index is 12.0. The van der Waals surface area contributed by atoms with Crippen LogP contribution >= 0.6 is 39.3 Å². The lowest BCUT2D eigenvalue weighted by molar-refractivity contribution is -0.115. The summed E-state index contributed by atoms with van der Waals surface area (Å²) in [5, 5.41) is 3.97. The van der Waals surface area contributed by atoms with Gasteiger partial charge in [0.25, 0.3) is 5.91 Å². The van der Waals surface area contributed by atoms with Gasteiger partial charge in [-0.15, -0.1) is 0 Å². The Hall–Kier alpha value is -1.56. The Kier molecular flexibility index (Phi) is 4.66. The van der Waals surface area contributed by atoms with Gasteiger partial charge in [0.2, 0.25) is 0 Å². The molecule has 0 aliphatic carbocycles. The van der Waals surface area contributed by atoms with Crippen LogP contribution in [0.15, 0.2) is 62.9 Å². The number of amidine groups is 1. The molecule has 1 saturated heterocycles. The summed E-state index contributed by atoms with van der Waals surface area (Å²) in [5.74, 6) is -0.157. The summed E-state index contributed by atoms with van der Waals surface area (Å²) < 4.78 is 0.879. The van der Waals surface area contributed by atoms with E-state index in [9.17, 15) is 4.79 Å². The second-order valence-corrected chi connectivity index (χ2v) is 6.81. The fourth-order valence-corrected chi connectivity index (χ4v) is 3.29. The van der Waals surface area contributed by atoms with E-state index in [-0.39, 0.29) is 5.91 Å². The van der Waals surface area contributed by atoms with Gasteiger partial charge in [-0.3, -0.25) is 4.79 Å². The molecule has 0 radical (unpaired) electrons. The predicted molar refractivity (Wildman–Crippen MR) is 96.4 cm³/mol. The van der Waals surface area contributed by atoms with Crippen molar-refractivity contribution in [2.75, 3.05) is 0 Å². The highest BCUT2D eigenvalue weighted by Gasteiger charge is 2.23. The minimum absolute atomic E-state index is 0.157. The van der Waals surface area contributed by atoms with Crippen LogP contribution in [-0.4, -0.2) is 11.1 Å². The van der Waals surface area contributed by atoms with Gasteiger partial charge in [0.05, 0.1) is 10.6 Å². The zero-order valence-corrected chi connectivity index (χ0v) is 14.4. The van der Waals surface area contributed by atoms with Crippen LogP contribution in [-0.2, 0) is 4.79 Å². The molecule has 6 heteroatoms. The van der Waals surface area contributed by atoms with Gasteiger partial charge in [-0.25, -0.2) is 4.99 Å². The molecule has 110 valence electrons. The van der Waals surface area contributed by atoms with Crippen LogP contribution in [0.3, 0.4) is 0 Å². The molecule has 22 heavy (non-hydrogen) atoms. The van der Waals surface area contributed by atoms with E-state index < -0.39 is 0 Å². The summed E-state index contributed by atoms with van der Waals surface area (Å²) in [6, 6.07) is 15.0. The largest absolute Gasteiger partial charge is 0.300 e. The Morgan fingerprint density at radius 2 is 2.00 bits per heavy atom. The zero-order chi connectivity index (χ0) is 15.5. The molecule has 1 aliphatic heterocycles. The quantitative estimate of drug-likeness (QED) is 0.730. The number of amides is 1. The first-order valence-electron chi connectivity index (χ1n) is 6.41. The summed E-state index contributed by atoms with van der Waals surface area (Å²) in [6.07, 6.45) is 1.80. The van der Waals surface area contributed by atoms with E-state index in [4.69, 9.17) is 11.6 Å². The molecule has 1 amide bonds. The number of carbonyl (C=O) groups excluding carboxylic acids is 1. The lowest BCUT2D eigenvalue weighted by atomic mass is 10.2. The van der Waals surface area contributed by atoms with Crippen LogP contribution < -0.4 is 5.32 Å². The van der Waals surface area contributed by atoms with Crippen LogP contribution in [0.2, 0.25) is 5.02 Å². The summed E-state index contributed by atoms with van der Waals surface area (Å²) in [6.45, 7) is 0. The van der Waals surface area contributed by atoms with E-state index in [1.54, 1.807) is 12.1 Å². The van der Waals surface area contributed by atoms with Crippen LogP contribution in [0.25, 0.3) is 6.08 Å². The molecule has 0 unspecified atom stereocenters. The number of hydrogen-bond donors (Lipinski definition) is 1. The highest BCUT2D eigenvalue weighted by Crippen LogP contribution is 2.31. The number of nitrogens with zero attached hydrogens (tertiary/aromatic N) is 1. The molecule has 1 fully saturated rings. The number of hydrogen-bond acceptors (Lipinski definition) is 3. The van der Waals surface area contributed by atoms with Crippen molar-refractivity contribution in [3.05, 3.63) is 68.5 Å². The number of thioether (sulfide) groups is 1. The molecule has 0 atom stereocenters. The van der Waals surface area contributed by atoms with Crippen molar-refractivity contribution in [1.29, 1.82) is 0 Å². The Morgan fingerprint density at radius 1 is 1.18 bits per heavy atom. The highest BCUT2D eigenvalue weighted by atomic mass is 79.9. The first-order valence-corrected chi connectivity index (χ1v) is 8.40. The molecular formula is C16H10BrClN2OS. The average molecular weight is 394 g/mol. The first-order chi connectivity index (χ1) is 10.6. The number of halogens is 2. The van der Waals surface area contributed by atoms with Gasteiger partial charge in [-0.2, -0.15) is 0 Å². The van der Waals surface area contributed by atoms with Crippen molar-refractivity contribution in [2.24, 2.45) is 4.99 Å². The van der Waals surface area contributed by atoms with Crippen molar-refractivity contribution in [1.82, 2.24) is 5.32 Å². The van der Waals surface area contributed by atoms with Crippen molar-refractivity contribution < 1.29 is 4.79 Å². The maximum Gasteiger partial charge on any atom is 0.264 e. The third kappa shape index (κ3) is 3.61. The fraction of sp³-hybridized carbons (Fsp3) is 0. The summed E-state index contributed by atoms with van der Waals surface area (Å²) in [4.78, 5) is 17.1. The van der Waals surface area contributed by atoms with Crippen LogP contribution in [0, 0.1) is 0 Å². The standard InChI is InChI=1S/C16H10BrClN2OS/c17-12-6-1-2-7-13(12)19-16-20-15(21)14(22-16)9-10-4-3-5-11(18)8-10/h1-9H,(H,19,20,21)/b14-9+. The zero-order valence-electron chi connectivity index (χ0n) is 11.2. The van der Waals surface area contributed by atoms with Crippen molar-refractivity contribution >= 4 is 62.1 Å². The molecule has 1 N–H and O–H groups in total. The molecule has 0 saturated carbocycles. The van der Waals surface area contributed by atoms with Crippen molar-refractivity contribution in [3.8, 4) is 0 Å². The van der Waals surface area contributed by atoms with Gasteiger partial charge < -0.3 is 5.32 Å². The fourth-order valence-electron chi connectivity index (χ4n) is 1.88. The van der Waals surface area contributed by atoms with Crippen LogP contribution in [0.5, 0.6) is 0 Å². The van der Waals surface area contributed by atoms with Crippen molar-refractivity contribution in [2.45, 2.75) is 0 Å². The Morgan fingerprint density at radius 3 is 2.77 bits per heavy atom. The summed E-state index contributed by atoms with van der Waals surface area (Å²) in [7, 11) is 0. The predicted octanol–water partition coefficient (Wildman–Crippen LogP) is 4.99. The normalized spacial score (nSPS) is 18.0. The van der Waals surface area contributed by atoms with E-state index in [0.717, 1.165) is 15.7 Å². The van der Waals surface area contributed by atoms with E-state index in [0.29, 0.717) is 15.1 Å². The van der Waals surface area contributed by atoms with Crippen LogP contribution in [0.1, 0.15) is 5.56 Å². The number of benzene rings is 2. The lowest BCUT2D eigenvalue weighted by Crippen LogP contribution is -2.19. The average Bonchev–Trinajstić information content (AvgIpc) is 2.81. The molecule has 0 aromatic heterocycles. The second kappa shape index (κ2) is 6.69. The number of rotatable bonds is 2. The number of nitrogens with one attached hydrogen (secondary N) is 1. The van der Waals surface area contributed by atoms with E-state index >= 15 is 0 Å². The molecular weight excluding hydrogens is 384 g/mol. The van der Waals surface area contributed by atoms with Crippen LogP contribution in [0.4, 0.5) is 5.69 Å². The summed E-state index contributed by atoms with van der Waals surface area (Å²) >= 11 is 10.7. The molecule has 2 aromatic rings. The van der Waals surface area contributed by atoms with E-state index in [2.05, 4.69) is 26.2 Å². The number of aliphatic imine (C=N–C) groups is 1. The molecule has 3 nitrogen and oxygen atoms in total. The smallest absolute Gasteiger partial charge is 0.264 e. The minimum atomic E-state index is -0.157. The lowest BCUT2D eigenvalue weighted by Gasteiger charge is -1.98. The van der Waals surface area contributed by atoms with Gasteiger partial charge in [0, 0.05) is 9.50 Å². The van der Waals surface area contributed by atoms with Crippen molar-refractivity contribution in [3.63, 3.8) is 0 Å². The molecule has 0 bridgehead atoms. The molecule has 3 rings (SSSR count). The third-order valence-corrected chi connectivity index (χ3v) is 4.69. The topological polar surface area (TPSA) is 41.5 Å². The molecule has 0 spiro atoms. The monoisotopic (exact) mass is 392 g/mol. The second-order valence-electron chi connectivity index (χ2n) is 4.49. The SMILES string of the molecule is O=C1NC(=Nc2ccccc2Br)S/C1=C/c1cccc(Cl)c1. The van der Waals surface area contributed by atoms with Gasteiger partial charge in [0.15, 0.2) is 5.17 Å². The van der Waals surface area contributed by atoms with Gasteiger partial charge >= 0.3 is 0 Å². The van der Waals surface area contributed by atoms with Gasteiger partial charge in [0.1, 0.15) is 0 Å². The third-order valence-electron chi connectivity index (χ3n) is 2.87. The summed E-state index contributed by atoms with van der Waals surface area (Å²) in [5.41, 5.74) is 1.65. The Balaban J connectivity index is 1.86. The van der Waals surface area contributed by atoms with E-state index in [1.807, 2.05) is 42.5 Å². The van der Waals surface area contributed by atoms with E-state index in [1.165, 1.54) is 11.8 Å².